The summed E-state index contributed by atoms with van der Waals surface area (Å²) >= 11 is 1.92. The maximum Gasteiger partial charge on any atom is 0.0183 e. The van der Waals surface area contributed by atoms with Gasteiger partial charge in [-0.1, -0.05) is 50.2 Å². The van der Waals surface area contributed by atoms with Crippen molar-refractivity contribution in [3.8, 4) is 0 Å². The molecule has 0 unspecified atom stereocenters. The van der Waals surface area contributed by atoms with Gasteiger partial charge in [-0.05, 0) is 48.2 Å². The van der Waals surface area contributed by atoms with Gasteiger partial charge in [-0.2, -0.15) is 0 Å². The minimum Gasteiger partial charge on any atom is -0.316 e. The Morgan fingerprint density at radius 2 is 1.90 bits per heavy atom. The van der Waals surface area contributed by atoms with E-state index in [4.69, 9.17) is 0 Å². The van der Waals surface area contributed by atoms with Crippen molar-refractivity contribution in [3.05, 3.63) is 58.3 Å². The van der Waals surface area contributed by atoms with Crippen molar-refractivity contribution in [3.63, 3.8) is 0 Å². The smallest absolute Gasteiger partial charge is 0.0183 e. The molecule has 2 heteroatoms. The molecule has 1 aromatic carbocycles. The van der Waals surface area contributed by atoms with Gasteiger partial charge in [0.15, 0.2) is 0 Å². The third kappa shape index (κ3) is 3.22. The summed E-state index contributed by atoms with van der Waals surface area (Å²) in [6.07, 6.45) is 2.56. The number of hydrogen-bond donors (Lipinski definition) is 1. The van der Waals surface area contributed by atoms with E-state index in [1.54, 1.807) is 4.88 Å². The van der Waals surface area contributed by atoms with Gasteiger partial charge in [-0.25, -0.2) is 0 Å². The fourth-order valence-corrected chi connectivity index (χ4v) is 4.41. The monoisotopic (exact) mass is 299 g/mol. The quantitative estimate of drug-likeness (QED) is 0.807. The van der Waals surface area contributed by atoms with Crippen molar-refractivity contribution in [1.29, 1.82) is 0 Å². The fraction of sp³-hybridized carbons (Fsp3) is 0.474. The summed E-state index contributed by atoms with van der Waals surface area (Å²) < 4.78 is 0. The average molecular weight is 299 g/mol. The van der Waals surface area contributed by atoms with Crippen molar-refractivity contribution in [1.82, 2.24) is 5.32 Å². The zero-order valence-electron chi connectivity index (χ0n) is 13.0. The molecular weight excluding hydrogens is 274 g/mol. The van der Waals surface area contributed by atoms with E-state index in [0.29, 0.717) is 5.41 Å². The molecular formula is C19H25NS. The van der Waals surface area contributed by atoms with Crippen LogP contribution in [0.4, 0.5) is 0 Å². The fourth-order valence-electron chi connectivity index (χ4n) is 3.46. The molecule has 0 amide bonds. The first-order valence-electron chi connectivity index (χ1n) is 7.99. The standard InChI is InChI=1S/C19H25NS/c1-15(2)13-20-14-19(18-9-6-10-21-18)11-17(12-19)16-7-4-3-5-8-16/h3-10,15,17,20H,11-14H2,1-2H3. The highest BCUT2D eigenvalue weighted by molar-refractivity contribution is 7.10. The average Bonchev–Trinajstić information content (AvgIpc) is 2.96. The predicted octanol–water partition coefficient (Wildman–Crippen LogP) is 4.81. The van der Waals surface area contributed by atoms with Crippen molar-refractivity contribution in [2.75, 3.05) is 13.1 Å². The number of rotatable bonds is 6. The minimum atomic E-state index is 0.365. The molecule has 3 rings (SSSR count). The van der Waals surface area contributed by atoms with Crippen LogP contribution < -0.4 is 5.32 Å². The van der Waals surface area contributed by atoms with E-state index in [0.717, 1.165) is 24.9 Å². The SMILES string of the molecule is CC(C)CNCC1(c2cccs2)CC(c2ccccc2)C1. The molecule has 1 aliphatic carbocycles. The van der Waals surface area contributed by atoms with E-state index in [2.05, 4.69) is 67.0 Å². The van der Waals surface area contributed by atoms with Crippen molar-refractivity contribution >= 4 is 11.3 Å². The first-order chi connectivity index (χ1) is 10.2. The summed E-state index contributed by atoms with van der Waals surface area (Å²) in [5.41, 5.74) is 1.87. The molecule has 0 radical (unpaired) electrons. The topological polar surface area (TPSA) is 12.0 Å². The molecule has 0 saturated heterocycles. The van der Waals surface area contributed by atoms with Crippen LogP contribution in [-0.4, -0.2) is 13.1 Å². The van der Waals surface area contributed by atoms with Gasteiger partial charge in [0.1, 0.15) is 0 Å². The molecule has 1 aromatic heterocycles. The van der Waals surface area contributed by atoms with Crippen LogP contribution in [0.3, 0.4) is 0 Å². The first kappa shape index (κ1) is 14.8. The van der Waals surface area contributed by atoms with Gasteiger partial charge in [0, 0.05) is 16.8 Å². The molecule has 1 aliphatic rings. The maximum atomic E-state index is 3.69. The number of thiophene rings is 1. The molecule has 0 spiro atoms. The highest BCUT2D eigenvalue weighted by atomic mass is 32.1. The maximum absolute atomic E-state index is 3.69. The Morgan fingerprint density at radius 1 is 1.14 bits per heavy atom. The van der Waals surface area contributed by atoms with Gasteiger partial charge >= 0.3 is 0 Å². The molecule has 21 heavy (non-hydrogen) atoms. The second-order valence-electron chi connectivity index (χ2n) is 6.80. The summed E-state index contributed by atoms with van der Waals surface area (Å²) in [5, 5.41) is 5.91. The lowest BCUT2D eigenvalue weighted by Crippen LogP contribution is -2.47. The minimum absolute atomic E-state index is 0.365. The van der Waals surface area contributed by atoms with E-state index in [1.807, 2.05) is 11.3 Å². The van der Waals surface area contributed by atoms with Gasteiger partial charge in [0.2, 0.25) is 0 Å². The molecule has 112 valence electrons. The third-order valence-corrected chi connectivity index (χ3v) is 5.72. The molecule has 1 saturated carbocycles. The van der Waals surface area contributed by atoms with Gasteiger partial charge in [-0.3, -0.25) is 0 Å². The predicted molar refractivity (Wildman–Crippen MR) is 92.1 cm³/mol. The van der Waals surface area contributed by atoms with Crippen LogP contribution in [0.15, 0.2) is 47.8 Å². The van der Waals surface area contributed by atoms with E-state index < -0.39 is 0 Å². The Hall–Kier alpha value is -1.12. The second-order valence-corrected chi connectivity index (χ2v) is 7.75. The zero-order chi connectivity index (χ0) is 14.7. The van der Waals surface area contributed by atoms with Crippen LogP contribution in [-0.2, 0) is 5.41 Å². The molecule has 1 fully saturated rings. The number of nitrogens with one attached hydrogen (secondary N) is 1. The Bertz CT molecular complexity index is 538. The van der Waals surface area contributed by atoms with E-state index in [1.165, 1.54) is 18.4 Å². The van der Waals surface area contributed by atoms with Crippen LogP contribution in [0.25, 0.3) is 0 Å². The summed E-state index contributed by atoms with van der Waals surface area (Å²) in [6.45, 7) is 6.79. The molecule has 1 N–H and O–H groups in total. The lowest BCUT2D eigenvalue weighted by molar-refractivity contribution is 0.196. The van der Waals surface area contributed by atoms with Crippen LogP contribution in [0.1, 0.15) is 43.0 Å². The molecule has 2 aromatic rings. The zero-order valence-corrected chi connectivity index (χ0v) is 13.8. The Balaban J connectivity index is 1.69. The van der Waals surface area contributed by atoms with Crippen LogP contribution in [0, 0.1) is 5.92 Å². The van der Waals surface area contributed by atoms with E-state index >= 15 is 0 Å². The largest absolute Gasteiger partial charge is 0.316 e. The lowest BCUT2D eigenvalue weighted by Gasteiger charge is -2.48. The van der Waals surface area contributed by atoms with Crippen molar-refractivity contribution < 1.29 is 0 Å². The number of benzene rings is 1. The molecule has 1 nitrogen and oxygen atoms in total. The van der Waals surface area contributed by atoms with E-state index in [9.17, 15) is 0 Å². The normalized spacial score (nSPS) is 25.0. The summed E-state index contributed by atoms with van der Waals surface area (Å²) in [5.74, 6) is 1.45. The molecule has 0 aliphatic heterocycles. The molecule has 1 heterocycles. The van der Waals surface area contributed by atoms with Crippen molar-refractivity contribution in [2.45, 2.75) is 38.0 Å². The second kappa shape index (κ2) is 6.33. The lowest BCUT2D eigenvalue weighted by atomic mass is 9.59. The third-order valence-electron chi connectivity index (χ3n) is 4.61. The number of hydrogen-bond acceptors (Lipinski definition) is 2. The Labute approximate surface area is 132 Å². The Kier molecular flexibility index (Phi) is 4.46. The van der Waals surface area contributed by atoms with Gasteiger partial charge in [-0.15, -0.1) is 11.3 Å². The summed E-state index contributed by atoms with van der Waals surface area (Å²) in [4.78, 5) is 1.56. The van der Waals surface area contributed by atoms with Gasteiger partial charge in [0.05, 0.1) is 0 Å². The summed E-state index contributed by atoms with van der Waals surface area (Å²) in [7, 11) is 0. The van der Waals surface area contributed by atoms with Crippen molar-refractivity contribution in [2.24, 2.45) is 5.92 Å². The highest BCUT2D eigenvalue weighted by Gasteiger charge is 2.46. The molecule has 0 atom stereocenters. The Morgan fingerprint density at radius 3 is 2.52 bits per heavy atom. The van der Waals surface area contributed by atoms with Crippen LogP contribution in [0.5, 0.6) is 0 Å². The van der Waals surface area contributed by atoms with E-state index in [-0.39, 0.29) is 0 Å². The first-order valence-corrected chi connectivity index (χ1v) is 8.87. The molecule has 0 bridgehead atoms. The highest BCUT2D eigenvalue weighted by Crippen LogP contribution is 2.53. The van der Waals surface area contributed by atoms with Gasteiger partial charge in [0.25, 0.3) is 0 Å². The van der Waals surface area contributed by atoms with Gasteiger partial charge < -0.3 is 5.32 Å². The van der Waals surface area contributed by atoms with Crippen LogP contribution in [0.2, 0.25) is 0 Å². The van der Waals surface area contributed by atoms with Crippen LogP contribution >= 0.6 is 11.3 Å². The summed E-state index contributed by atoms with van der Waals surface area (Å²) in [6, 6.07) is 15.5.